The number of aryl methyl sites for hydroxylation is 2. The first-order valence-electron chi connectivity index (χ1n) is 11.4. The van der Waals surface area contributed by atoms with Crippen molar-refractivity contribution in [2.75, 3.05) is 0 Å². The smallest absolute Gasteiger partial charge is 0.0998 e. The Bertz CT molecular complexity index is 1360. The molecule has 0 radical (unpaired) electrons. The Morgan fingerprint density at radius 2 is 0.824 bits per heavy atom. The van der Waals surface area contributed by atoms with Gasteiger partial charge in [0, 0.05) is 0 Å². The van der Waals surface area contributed by atoms with Crippen LogP contribution in [0.2, 0.25) is 0 Å². The van der Waals surface area contributed by atoms with Crippen LogP contribution in [0.4, 0.5) is 0 Å². The lowest BCUT2D eigenvalue weighted by atomic mass is 10.0. The van der Waals surface area contributed by atoms with E-state index in [4.69, 9.17) is 0 Å². The van der Waals surface area contributed by atoms with Gasteiger partial charge in [-0.2, -0.15) is 5.26 Å². The Kier molecular flexibility index (Phi) is 7.33. The molecule has 4 aromatic carbocycles. The number of benzene rings is 4. The largest absolute Gasteiger partial charge is 0.192 e. The molecular weight excluding hydrogens is 410 g/mol. The Balaban J connectivity index is 1.44. The van der Waals surface area contributed by atoms with Crippen molar-refractivity contribution in [2.24, 2.45) is 0 Å². The number of rotatable bonds is 6. The molecule has 0 aliphatic carbocycles. The van der Waals surface area contributed by atoms with Gasteiger partial charge in [-0.3, -0.25) is 0 Å². The highest BCUT2D eigenvalue weighted by atomic mass is 14.2. The third kappa shape index (κ3) is 6.31. The fourth-order valence-electron chi connectivity index (χ4n) is 3.56. The zero-order valence-corrected chi connectivity index (χ0v) is 19.6. The summed E-state index contributed by atoms with van der Waals surface area (Å²) in [4.78, 5) is 0. The van der Waals surface area contributed by atoms with Gasteiger partial charge >= 0.3 is 0 Å². The maximum atomic E-state index is 9.73. The zero-order chi connectivity index (χ0) is 23.8. The van der Waals surface area contributed by atoms with Crippen LogP contribution < -0.4 is 0 Å². The minimum atomic E-state index is 0.650. The van der Waals surface area contributed by atoms with E-state index in [0.29, 0.717) is 5.57 Å². The topological polar surface area (TPSA) is 23.8 Å². The fraction of sp³-hybridized carbons (Fsp3) is 0.0606. The van der Waals surface area contributed by atoms with Crippen LogP contribution in [0.1, 0.15) is 44.5 Å². The lowest BCUT2D eigenvalue weighted by Crippen LogP contribution is -1.83. The second kappa shape index (κ2) is 10.9. The Morgan fingerprint density at radius 1 is 0.500 bits per heavy atom. The molecule has 0 heterocycles. The molecule has 0 N–H and O–H groups in total. The molecule has 1 heteroatoms. The van der Waals surface area contributed by atoms with Crippen molar-refractivity contribution in [3.8, 4) is 6.07 Å². The number of hydrogen-bond acceptors (Lipinski definition) is 1. The molecule has 0 amide bonds. The normalized spacial score (nSPS) is 11.7. The van der Waals surface area contributed by atoms with Gasteiger partial charge in [-0.15, -0.1) is 0 Å². The van der Waals surface area contributed by atoms with E-state index in [1.165, 1.54) is 22.3 Å². The molecule has 0 unspecified atom stereocenters. The summed E-state index contributed by atoms with van der Waals surface area (Å²) in [7, 11) is 0. The number of nitriles is 1. The van der Waals surface area contributed by atoms with Gasteiger partial charge in [0.1, 0.15) is 0 Å². The van der Waals surface area contributed by atoms with Crippen molar-refractivity contribution < 1.29 is 0 Å². The Morgan fingerprint density at radius 3 is 1.21 bits per heavy atom. The van der Waals surface area contributed by atoms with Gasteiger partial charge in [0.25, 0.3) is 0 Å². The molecule has 4 rings (SSSR count). The molecular formula is C33H27N. The molecule has 0 aliphatic heterocycles. The summed E-state index contributed by atoms with van der Waals surface area (Å²) in [6.45, 7) is 4.18. The molecule has 0 spiro atoms. The van der Waals surface area contributed by atoms with Crippen molar-refractivity contribution >= 4 is 36.0 Å². The molecule has 0 fully saturated rings. The minimum absolute atomic E-state index is 0.650. The van der Waals surface area contributed by atoms with Gasteiger partial charge in [0.05, 0.1) is 11.6 Å². The predicted molar refractivity (Wildman–Crippen MR) is 147 cm³/mol. The van der Waals surface area contributed by atoms with E-state index in [2.05, 4.69) is 105 Å². The molecule has 164 valence electrons. The molecule has 34 heavy (non-hydrogen) atoms. The zero-order valence-electron chi connectivity index (χ0n) is 19.6. The van der Waals surface area contributed by atoms with Gasteiger partial charge in [0.2, 0.25) is 0 Å². The summed E-state index contributed by atoms with van der Waals surface area (Å²) < 4.78 is 0. The molecule has 0 aliphatic rings. The van der Waals surface area contributed by atoms with E-state index < -0.39 is 0 Å². The molecule has 0 saturated carbocycles. The van der Waals surface area contributed by atoms with Crippen LogP contribution in [0.3, 0.4) is 0 Å². The van der Waals surface area contributed by atoms with Gasteiger partial charge < -0.3 is 0 Å². The van der Waals surface area contributed by atoms with Crippen molar-refractivity contribution in [1.82, 2.24) is 0 Å². The van der Waals surface area contributed by atoms with Crippen LogP contribution in [0.25, 0.3) is 36.0 Å². The highest BCUT2D eigenvalue weighted by Gasteiger charge is 2.01. The van der Waals surface area contributed by atoms with Crippen molar-refractivity contribution in [2.45, 2.75) is 13.8 Å². The van der Waals surface area contributed by atoms with Crippen molar-refractivity contribution in [1.29, 1.82) is 5.26 Å². The van der Waals surface area contributed by atoms with E-state index in [0.717, 1.165) is 22.3 Å². The van der Waals surface area contributed by atoms with Gasteiger partial charge in [0.15, 0.2) is 0 Å². The van der Waals surface area contributed by atoms with Gasteiger partial charge in [-0.05, 0) is 53.3 Å². The summed E-state index contributed by atoms with van der Waals surface area (Å²) in [5.41, 5.74) is 9.67. The van der Waals surface area contributed by atoms with Gasteiger partial charge in [-0.25, -0.2) is 0 Å². The maximum Gasteiger partial charge on any atom is 0.0998 e. The molecule has 0 atom stereocenters. The summed E-state index contributed by atoms with van der Waals surface area (Å²) in [6.07, 6.45) is 10.3. The minimum Gasteiger partial charge on any atom is -0.192 e. The first-order chi connectivity index (χ1) is 16.6. The molecule has 1 nitrogen and oxygen atoms in total. The van der Waals surface area contributed by atoms with E-state index in [-0.39, 0.29) is 0 Å². The summed E-state index contributed by atoms with van der Waals surface area (Å²) in [5.74, 6) is 0. The van der Waals surface area contributed by atoms with Crippen LogP contribution in [-0.2, 0) is 0 Å². The number of allylic oxidation sites excluding steroid dienone is 1. The monoisotopic (exact) mass is 437 g/mol. The van der Waals surface area contributed by atoms with Crippen LogP contribution in [0.5, 0.6) is 0 Å². The van der Waals surface area contributed by atoms with Crippen LogP contribution in [-0.4, -0.2) is 0 Å². The van der Waals surface area contributed by atoms with Crippen molar-refractivity contribution in [3.05, 3.63) is 142 Å². The first kappa shape index (κ1) is 22.8. The highest BCUT2D eigenvalue weighted by molar-refractivity contribution is 5.90. The van der Waals surface area contributed by atoms with E-state index in [1.54, 1.807) is 0 Å². The van der Waals surface area contributed by atoms with Crippen LogP contribution in [0.15, 0.2) is 97.1 Å². The lowest BCUT2D eigenvalue weighted by Gasteiger charge is -2.02. The quantitative estimate of drug-likeness (QED) is 0.218. The van der Waals surface area contributed by atoms with E-state index in [9.17, 15) is 5.26 Å². The average Bonchev–Trinajstić information content (AvgIpc) is 2.88. The molecule has 0 saturated heterocycles. The first-order valence-corrected chi connectivity index (χ1v) is 11.4. The second-order valence-corrected chi connectivity index (χ2v) is 8.45. The predicted octanol–water partition coefficient (Wildman–Crippen LogP) is 8.71. The van der Waals surface area contributed by atoms with Crippen LogP contribution >= 0.6 is 0 Å². The highest BCUT2D eigenvalue weighted by Crippen LogP contribution is 2.20. The van der Waals surface area contributed by atoms with Gasteiger partial charge in [-0.1, -0.05) is 132 Å². The lowest BCUT2D eigenvalue weighted by molar-refractivity contribution is 1.46. The molecule has 0 bridgehead atoms. The summed E-state index contributed by atoms with van der Waals surface area (Å²) >= 11 is 0. The van der Waals surface area contributed by atoms with Crippen molar-refractivity contribution in [3.63, 3.8) is 0 Å². The van der Waals surface area contributed by atoms with E-state index >= 15 is 0 Å². The van der Waals surface area contributed by atoms with E-state index in [1.807, 2.05) is 42.5 Å². The maximum absolute atomic E-state index is 9.73. The van der Waals surface area contributed by atoms with Crippen LogP contribution in [0, 0.1) is 25.2 Å². The Hall–Kier alpha value is -4.41. The fourth-order valence-corrected chi connectivity index (χ4v) is 3.56. The molecule has 4 aromatic rings. The Labute approximate surface area is 202 Å². The number of hydrogen-bond donors (Lipinski definition) is 0. The summed E-state index contributed by atoms with van der Waals surface area (Å²) in [5, 5.41) is 9.73. The third-order valence-electron chi connectivity index (χ3n) is 5.68. The SMILES string of the molecule is Cc1ccc(/C=C/c2ccc(/C=C(\C#N)c3ccc(/C=C/c4ccc(C)cc4)cc3)cc2)cc1. The summed E-state index contributed by atoms with van der Waals surface area (Å²) in [6, 6.07) is 35.6. The number of nitrogens with zero attached hydrogens (tertiary/aromatic N) is 1. The third-order valence-corrected chi connectivity index (χ3v) is 5.68. The standard InChI is InChI=1S/C33H27N/c1-25-3-7-27(8-4-25)11-13-29-15-17-31(18-16-29)23-33(24-34)32-21-19-30(20-22-32)14-12-28-9-5-26(2)6-10-28/h3-23H,1-2H3/b13-11+,14-12+,33-23+. The second-order valence-electron chi connectivity index (χ2n) is 8.45. The average molecular weight is 438 g/mol. The molecule has 0 aromatic heterocycles.